The van der Waals surface area contributed by atoms with Gasteiger partial charge in [0.2, 0.25) is 0 Å². The molecule has 1 aromatic rings. The van der Waals surface area contributed by atoms with Crippen LogP contribution in [0.1, 0.15) is 31.6 Å². The van der Waals surface area contributed by atoms with Crippen molar-refractivity contribution >= 4 is 11.3 Å². The average Bonchev–Trinajstić information content (AvgIpc) is 2.78. The van der Waals surface area contributed by atoms with E-state index in [-0.39, 0.29) is 0 Å². The summed E-state index contributed by atoms with van der Waals surface area (Å²) in [6.07, 6.45) is 5.28. The van der Waals surface area contributed by atoms with Crippen molar-refractivity contribution in [2.75, 3.05) is 19.8 Å². The fourth-order valence-electron chi connectivity index (χ4n) is 1.58. The second-order valence-electron chi connectivity index (χ2n) is 3.81. The lowest BCUT2D eigenvalue weighted by molar-refractivity contribution is 0.136. The summed E-state index contributed by atoms with van der Waals surface area (Å²) in [6.45, 7) is 6.96. The highest BCUT2D eigenvalue weighted by Crippen LogP contribution is 2.10. The number of nitrogens with one attached hydrogen (secondary N) is 1. The van der Waals surface area contributed by atoms with Crippen LogP contribution >= 0.6 is 11.3 Å². The van der Waals surface area contributed by atoms with Crippen molar-refractivity contribution in [3.05, 3.63) is 16.6 Å². The molecule has 0 spiro atoms. The Balaban J connectivity index is 2.31. The first-order chi connectivity index (χ1) is 7.86. The molecule has 0 aliphatic rings. The third kappa shape index (κ3) is 5.58. The molecule has 1 rings (SSSR count). The summed E-state index contributed by atoms with van der Waals surface area (Å²) in [5.74, 6) is 0. The van der Waals surface area contributed by atoms with Gasteiger partial charge in [-0.2, -0.15) is 0 Å². The van der Waals surface area contributed by atoms with Gasteiger partial charge in [-0.3, -0.25) is 4.98 Å². The van der Waals surface area contributed by atoms with Gasteiger partial charge in [-0.25, -0.2) is 0 Å². The van der Waals surface area contributed by atoms with E-state index < -0.39 is 0 Å². The predicted molar refractivity (Wildman–Crippen MR) is 69.0 cm³/mol. The van der Waals surface area contributed by atoms with Crippen LogP contribution in [0.2, 0.25) is 0 Å². The summed E-state index contributed by atoms with van der Waals surface area (Å²) in [5.41, 5.74) is 1.90. The van der Waals surface area contributed by atoms with Crippen LogP contribution in [0.5, 0.6) is 0 Å². The third-order valence-electron chi connectivity index (χ3n) is 2.43. The molecule has 1 unspecified atom stereocenters. The average molecular weight is 242 g/mol. The van der Waals surface area contributed by atoms with E-state index in [9.17, 15) is 0 Å². The molecule has 1 atom stereocenters. The lowest BCUT2D eigenvalue weighted by atomic mass is 10.1. The van der Waals surface area contributed by atoms with E-state index in [1.807, 2.05) is 18.6 Å². The van der Waals surface area contributed by atoms with Crippen molar-refractivity contribution in [2.45, 2.75) is 39.2 Å². The van der Waals surface area contributed by atoms with Crippen LogP contribution in [-0.2, 0) is 11.2 Å². The Hall–Kier alpha value is -0.450. The first kappa shape index (κ1) is 13.6. The van der Waals surface area contributed by atoms with Gasteiger partial charge in [0, 0.05) is 30.3 Å². The zero-order valence-corrected chi connectivity index (χ0v) is 11.1. The van der Waals surface area contributed by atoms with E-state index in [2.05, 4.69) is 17.2 Å². The fourth-order valence-corrected chi connectivity index (χ4v) is 2.26. The van der Waals surface area contributed by atoms with Gasteiger partial charge in [0.05, 0.1) is 5.51 Å². The highest BCUT2D eigenvalue weighted by molar-refractivity contribution is 7.09. The van der Waals surface area contributed by atoms with Gasteiger partial charge in [0.15, 0.2) is 0 Å². The van der Waals surface area contributed by atoms with Gasteiger partial charge < -0.3 is 10.1 Å². The van der Waals surface area contributed by atoms with E-state index in [1.54, 1.807) is 11.3 Å². The minimum Gasteiger partial charge on any atom is -0.382 e. The second-order valence-corrected chi connectivity index (χ2v) is 4.78. The molecule has 0 aliphatic heterocycles. The summed E-state index contributed by atoms with van der Waals surface area (Å²) < 4.78 is 5.41. The Morgan fingerprint density at radius 3 is 3.00 bits per heavy atom. The predicted octanol–water partition coefficient (Wildman–Crippen LogP) is 2.48. The molecule has 0 aromatic carbocycles. The van der Waals surface area contributed by atoms with Crippen molar-refractivity contribution in [3.8, 4) is 0 Å². The van der Waals surface area contributed by atoms with Crippen molar-refractivity contribution < 1.29 is 4.74 Å². The first-order valence-corrected chi connectivity index (χ1v) is 6.93. The highest BCUT2D eigenvalue weighted by atomic mass is 32.1. The Morgan fingerprint density at radius 2 is 2.38 bits per heavy atom. The molecule has 1 aromatic heterocycles. The zero-order chi connectivity index (χ0) is 11.6. The van der Waals surface area contributed by atoms with Crippen LogP contribution in [0.15, 0.2) is 11.7 Å². The van der Waals surface area contributed by atoms with E-state index in [0.29, 0.717) is 6.04 Å². The SMILES string of the molecule is CCCNC(CCOCC)Cc1cncs1. The monoisotopic (exact) mass is 242 g/mol. The quantitative estimate of drug-likeness (QED) is 0.676. The fraction of sp³-hybridized carbons (Fsp3) is 0.750. The number of rotatable bonds is 9. The van der Waals surface area contributed by atoms with Crippen molar-refractivity contribution in [3.63, 3.8) is 0 Å². The summed E-state index contributed by atoms with van der Waals surface area (Å²) in [4.78, 5) is 5.46. The minimum atomic E-state index is 0.520. The second kappa shape index (κ2) is 8.67. The van der Waals surface area contributed by atoms with Crippen molar-refractivity contribution in [1.29, 1.82) is 0 Å². The van der Waals surface area contributed by atoms with Gasteiger partial charge in [0.1, 0.15) is 0 Å². The van der Waals surface area contributed by atoms with Gasteiger partial charge in [-0.15, -0.1) is 11.3 Å². The molecule has 0 fully saturated rings. The van der Waals surface area contributed by atoms with Gasteiger partial charge >= 0.3 is 0 Å². The van der Waals surface area contributed by atoms with E-state index in [4.69, 9.17) is 4.74 Å². The van der Waals surface area contributed by atoms with Crippen molar-refractivity contribution in [2.24, 2.45) is 0 Å². The maximum Gasteiger partial charge on any atom is 0.0794 e. The Labute approximate surface area is 102 Å². The maximum atomic E-state index is 5.41. The molecule has 92 valence electrons. The summed E-state index contributed by atoms with van der Waals surface area (Å²) >= 11 is 1.73. The molecule has 0 aliphatic carbocycles. The zero-order valence-electron chi connectivity index (χ0n) is 10.2. The number of thiazole rings is 1. The normalized spacial score (nSPS) is 12.9. The molecule has 4 heteroatoms. The third-order valence-corrected chi connectivity index (χ3v) is 3.23. The highest BCUT2D eigenvalue weighted by Gasteiger charge is 2.09. The topological polar surface area (TPSA) is 34.1 Å². The number of nitrogens with zero attached hydrogens (tertiary/aromatic N) is 1. The minimum absolute atomic E-state index is 0.520. The molecule has 1 heterocycles. The van der Waals surface area contributed by atoms with Crippen LogP contribution in [0, 0.1) is 0 Å². The number of aromatic nitrogens is 1. The number of ether oxygens (including phenoxy) is 1. The summed E-state index contributed by atoms with van der Waals surface area (Å²) in [7, 11) is 0. The molecule has 16 heavy (non-hydrogen) atoms. The molecule has 1 N–H and O–H groups in total. The van der Waals surface area contributed by atoms with E-state index >= 15 is 0 Å². The Kier molecular flexibility index (Phi) is 7.38. The number of hydrogen-bond donors (Lipinski definition) is 1. The maximum absolute atomic E-state index is 5.41. The molecule has 3 nitrogen and oxygen atoms in total. The Bertz CT molecular complexity index is 252. The van der Waals surface area contributed by atoms with Gasteiger partial charge in [0.25, 0.3) is 0 Å². The Morgan fingerprint density at radius 1 is 1.50 bits per heavy atom. The molecule has 0 amide bonds. The lowest BCUT2D eigenvalue weighted by Gasteiger charge is -2.17. The largest absolute Gasteiger partial charge is 0.382 e. The van der Waals surface area contributed by atoms with Crippen LogP contribution < -0.4 is 5.32 Å². The molecule has 0 radical (unpaired) electrons. The molecular formula is C12H22N2OS. The van der Waals surface area contributed by atoms with Crippen LogP contribution in [0.25, 0.3) is 0 Å². The standard InChI is InChI=1S/C12H22N2OS/c1-3-6-14-11(5-7-15-4-2)8-12-9-13-10-16-12/h9-11,14H,3-8H2,1-2H3. The molecule has 0 saturated heterocycles. The smallest absolute Gasteiger partial charge is 0.0794 e. The van der Waals surface area contributed by atoms with E-state index in [0.717, 1.165) is 32.6 Å². The first-order valence-electron chi connectivity index (χ1n) is 6.05. The van der Waals surface area contributed by atoms with Crippen molar-refractivity contribution in [1.82, 2.24) is 10.3 Å². The van der Waals surface area contributed by atoms with Crippen LogP contribution in [0.4, 0.5) is 0 Å². The van der Waals surface area contributed by atoms with E-state index in [1.165, 1.54) is 11.3 Å². The van der Waals surface area contributed by atoms with Crippen LogP contribution in [0.3, 0.4) is 0 Å². The molecular weight excluding hydrogens is 220 g/mol. The van der Waals surface area contributed by atoms with Gasteiger partial charge in [-0.1, -0.05) is 6.92 Å². The van der Waals surface area contributed by atoms with Gasteiger partial charge in [-0.05, 0) is 32.7 Å². The molecule has 0 bridgehead atoms. The summed E-state index contributed by atoms with van der Waals surface area (Å²) in [5, 5.41) is 3.57. The summed E-state index contributed by atoms with van der Waals surface area (Å²) in [6, 6.07) is 0.520. The lowest BCUT2D eigenvalue weighted by Crippen LogP contribution is -2.32. The number of hydrogen-bond acceptors (Lipinski definition) is 4. The molecule has 0 saturated carbocycles. The van der Waals surface area contributed by atoms with Crippen LogP contribution in [-0.4, -0.2) is 30.8 Å².